The van der Waals surface area contributed by atoms with Crippen molar-refractivity contribution in [1.82, 2.24) is 4.90 Å². The van der Waals surface area contributed by atoms with E-state index in [1.807, 2.05) is 6.92 Å². The highest BCUT2D eigenvalue weighted by Crippen LogP contribution is 2.69. The van der Waals surface area contributed by atoms with E-state index in [2.05, 4.69) is 13.2 Å². The van der Waals surface area contributed by atoms with E-state index < -0.39 is 34.6 Å². The van der Waals surface area contributed by atoms with Crippen molar-refractivity contribution in [2.24, 2.45) is 17.8 Å². The molecule has 0 saturated carbocycles. The number of fused-ring (bicyclic) bond motifs is 1. The van der Waals surface area contributed by atoms with E-state index in [0.717, 1.165) is 0 Å². The summed E-state index contributed by atoms with van der Waals surface area (Å²) in [7, 11) is 0. The zero-order valence-electron chi connectivity index (χ0n) is 20.6. The van der Waals surface area contributed by atoms with Gasteiger partial charge in [-0.2, -0.15) is 0 Å². The molecule has 36 heavy (non-hydrogen) atoms. The van der Waals surface area contributed by atoms with Crippen molar-refractivity contribution in [1.29, 1.82) is 0 Å². The molecule has 1 aromatic rings. The first-order valence-corrected chi connectivity index (χ1v) is 13.5. The summed E-state index contributed by atoms with van der Waals surface area (Å²) in [6.45, 7) is 11.4. The third kappa shape index (κ3) is 4.07. The van der Waals surface area contributed by atoms with Gasteiger partial charge < -0.3 is 19.6 Å². The molecule has 3 unspecified atom stereocenters. The van der Waals surface area contributed by atoms with Gasteiger partial charge in [-0.1, -0.05) is 42.8 Å². The van der Waals surface area contributed by atoms with Crippen LogP contribution >= 0.6 is 23.4 Å². The Morgan fingerprint density at radius 2 is 2.08 bits per heavy atom. The highest BCUT2D eigenvalue weighted by Gasteiger charge is 2.77. The number of carbonyl (C=O) groups excluding carboxylic acids is 3. The van der Waals surface area contributed by atoms with Crippen LogP contribution in [0.5, 0.6) is 0 Å². The highest BCUT2D eigenvalue weighted by atomic mass is 35.5. The fourth-order valence-electron chi connectivity index (χ4n) is 6.16. The van der Waals surface area contributed by atoms with Crippen LogP contribution in [0.1, 0.15) is 26.7 Å². The molecule has 9 heteroatoms. The summed E-state index contributed by atoms with van der Waals surface area (Å²) in [5, 5.41) is 10.4. The maximum Gasteiger partial charge on any atom is 0.310 e. The second-order valence-electron chi connectivity index (χ2n) is 9.76. The summed E-state index contributed by atoms with van der Waals surface area (Å²) in [5.74, 6) is -2.31. The average Bonchev–Trinajstić information content (AvgIpc) is 3.46. The second-order valence-corrected chi connectivity index (χ2v) is 11.7. The number of nitrogens with zero attached hydrogens (tertiary/aromatic N) is 2. The molecule has 2 amide bonds. The number of halogens is 1. The normalized spacial score (nSPS) is 31.2. The van der Waals surface area contributed by atoms with Gasteiger partial charge in [0.2, 0.25) is 5.91 Å². The number of hydrogen-bond acceptors (Lipinski definition) is 6. The number of amides is 2. The van der Waals surface area contributed by atoms with Crippen molar-refractivity contribution in [3.8, 4) is 0 Å². The third-order valence-corrected chi connectivity index (χ3v) is 10.1. The standard InChI is InChI=1S/C27H33ClN2O5S/c1-5-7-13-35-26(34)21-20-14-16(3)27(36-20)22(21)24(32)30(17(4)15-31)23(27)25(33)29(12-6-2)19-11-9-8-10-18(19)28/h5-6,8-11,16-17,20-23,31H,1-2,7,12-15H2,3-4H3/t16?,17-,20+,21-,22+,23?,27?/m1/s1. The predicted molar refractivity (Wildman–Crippen MR) is 142 cm³/mol. The lowest BCUT2D eigenvalue weighted by molar-refractivity contribution is -0.154. The van der Waals surface area contributed by atoms with Crippen LogP contribution in [0.3, 0.4) is 0 Å². The predicted octanol–water partition coefficient (Wildman–Crippen LogP) is 3.70. The number of carbonyl (C=O) groups is 3. The zero-order valence-corrected chi connectivity index (χ0v) is 22.2. The molecule has 0 radical (unpaired) electrons. The number of thioether (sulfide) groups is 1. The smallest absolute Gasteiger partial charge is 0.310 e. The van der Waals surface area contributed by atoms with Gasteiger partial charge in [-0.3, -0.25) is 14.4 Å². The lowest BCUT2D eigenvalue weighted by Gasteiger charge is -2.41. The molecule has 3 fully saturated rings. The van der Waals surface area contributed by atoms with Crippen molar-refractivity contribution < 1.29 is 24.2 Å². The van der Waals surface area contributed by atoms with E-state index in [9.17, 15) is 19.5 Å². The van der Waals surface area contributed by atoms with Gasteiger partial charge >= 0.3 is 5.97 Å². The van der Waals surface area contributed by atoms with E-state index in [4.69, 9.17) is 16.3 Å². The Kier molecular flexibility index (Phi) is 7.88. The van der Waals surface area contributed by atoms with E-state index in [1.165, 1.54) is 4.90 Å². The van der Waals surface area contributed by atoms with E-state index in [1.54, 1.807) is 60.0 Å². The number of ether oxygens (including phenoxy) is 1. The van der Waals surface area contributed by atoms with Crippen LogP contribution in [0.2, 0.25) is 5.02 Å². The molecular weight excluding hydrogens is 500 g/mol. The molecule has 3 heterocycles. The first kappa shape index (κ1) is 26.8. The topological polar surface area (TPSA) is 87.2 Å². The highest BCUT2D eigenvalue weighted by molar-refractivity contribution is 8.02. The molecule has 194 valence electrons. The number of aliphatic hydroxyl groups is 1. The van der Waals surface area contributed by atoms with Crippen molar-refractivity contribution in [2.45, 2.75) is 48.8 Å². The van der Waals surface area contributed by atoms with Gasteiger partial charge in [-0.05, 0) is 37.8 Å². The lowest BCUT2D eigenvalue weighted by Crippen LogP contribution is -2.59. The average molecular weight is 533 g/mol. The van der Waals surface area contributed by atoms with Crippen LogP contribution in [-0.4, -0.2) is 69.6 Å². The summed E-state index contributed by atoms with van der Waals surface area (Å²) in [6.07, 6.45) is 4.53. The quantitative estimate of drug-likeness (QED) is 0.281. The Hall–Kier alpha value is -2.29. The third-order valence-electron chi connectivity index (χ3n) is 7.72. The van der Waals surface area contributed by atoms with Gasteiger partial charge in [0.25, 0.3) is 5.91 Å². The molecule has 1 spiro atoms. The van der Waals surface area contributed by atoms with Crippen LogP contribution in [0.25, 0.3) is 0 Å². The Morgan fingerprint density at radius 3 is 2.72 bits per heavy atom. The molecule has 7 nitrogen and oxygen atoms in total. The maximum atomic E-state index is 14.4. The van der Waals surface area contributed by atoms with Crippen molar-refractivity contribution in [3.05, 3.63) is 54.6 Å². The Morgan fingerprint density at radius 1 is 1.36 bits per heavy atom. The number of para-hydroxylation sites is 1. The van der Waals surface area contributed by atoms with E-state index in [-0.39, 0.29) is 42.7 Å². The molecule has 0 aliphatic carbocycles. The lowest BCUT2D eigenvalue weighted by atomic mass is 9.66. The molecular formula is C27H33ClN2O5S. The zero-order chi connectivity index (χ0) is 26.2. The Bertz CT molecular complexity index is 1070. The molecule has 1 aromatic carbocycles. The molecule has 2 bridgehead atoms. The van der Waals surface area contributed by atoms with Crippen LogP contribution in [0.15, 0.2) is 49.6 Å². The van der Waals surface area contributed by atoms with Crippen molar-refractivity contribution in [2.75, 3.05) is 24.7 Å². The maximum absolute atomic E-state index is 14.4. The van der Waals surface area contributed by atoms with Gasteiger partial charge in [0.05, 0.1) is 46.5 Å². The number of anilines is 1. The SMILES string of the molecule is C=CCCOC(=O)[C@@H]1[C@@H]2CC(C)C3(S2)C(C(=O)N(CC=C)c2ccccc2Cl)N([C@H](C)CO)C(=O)[C@H]13. The molecule has 3 aliphatic rings. The van der Waals surface area contributed by atoms with Gasteiger partial charge in [0.15, 0.2) is 0 Å². The monoisotopic (exact) mass is 532 g/mol. The molecule has 0 aromatic heterocycles. The van der Waals surface area contributed by atoms with Crippen LogP contribution in [0, 0.1) is 17.8 Å². The molecule has 4 rings (SSSR count). The number of likely N-dealkylation sites (tertiary alicyclic amines) is 1. The van der Waals surface area contributed by atoms with Gasteiger partial charge in [-0.15, -0.1) is 24.9 Å². The summed E-state index contributed by atoms with van der Waals surface area (Å²) in [4.78, 5) is 44.7. The fraction of sp³-hybridized carbons (Fsp3) is 0.519. The fourth-order valence-corrected chi connectivity index (χ4v) is 8.79. The molecule has 3 saturated heterocycles. The number of aliphatic hydroxyl groups excluding tert-OH is 1. The largest absolute Gasteiger partial charge is 0.465 e. The Labute approximate surface area is 221 Å². The van der Waals surface area contributed by atoms with E-state index in [0.29, 0.717) is 23.6 Å². The van der Waals surface area contributed by atoms with Gasteiger partial charge in [-0.25, -0.2) is 0 Å². The molecule has 3 aliphatic heterocycles. The first-order chi connectivity index (χ1) is 17.2. The van der Waals surface area contributed by atoms with Crippen molar-refractivity contribution >= 4 is 46.8 Å². The first-order valence-electron chi connectivity index (χ1n) is 12.3. The number of rotatable bonds is 10. The van der Waals surface area contributed by atoms with Crippen molar-refractivity contribution in [3.63, 3.8) is 0 Å². The minimum absolute atomic E-state index is 0.000319. The molecule has 1 N–H and O–H groups in total. The summed E-state index contributed by atoms with van der Waals surface area (Å²) >= 11 is 8.05. The van der Waals surface area contributed by atoms with Crippen LogP contribution in [0.4, 0.5) is 5.69 Å². The summed E-state index contributed by atoms with van der Waals surface area (Å²) < 4.78 is 4.71. The minimum Gasteiger partial charge on any atom is -0.465 e. The number of esters is 1. The van der Waals surface area contributed by atoms with Gasteiger partial charge in [0, 0.05) is 11.8 Å². The second kappa shape index (κ2) is 10.6. The number of benzene rings is 1. The Balaban J connectivity index is 1.80. The van der Waals surface area contributed by atoms with E-state index >= 15 is 0 Å². The van der Waals surface area contributed by atoms with Gasteiger partial charge in [0.1, 0.15) is 6.04 Å². The molecule has 7 atom stereocenters. The van der Waals surface area contributed by atoms with Crippen LogP contribution < -0.4 is 4.90 Å². The summed E-state index contributed by atoms with van der Waals surface area (Å²) in [6, 6.07) is 5.58. The summed E-state index contributed by atoms with van der Waals surface area (Å²) in [5.41, 5.74) is 0.526. The number of hydrogen-bond donors (Lipinski definition) is 1. The van der Waals surface area contributed by atoms with Crippen LogP contribution in [-0.2, 0) is 19.1 Å². The minimum atomic E-state index is -0.871.